The van der Waals surface area contributed by atoms with Gasteiger partial charge in [-0.15, -0.1) is 0 Å². The molecular weight excluding hydrogens is 446 g/mol. The Morgan fingerprint density at radius 2 is 2.03 bits per heavy atom. The van der Waals surface area contributed by atoms with Gasteiger partial charge in [-0.05, 0) is 42.7 Å². The van der Waals surface area contributed by atoms with E-state index in [4.69, 9.17) is 21.3 Å². The number of halogens is 1. The third-order valence-corrected chi connectivity index (χ3v) is 7.10. The molecule has 1 aliphatic rings. The van der Waals surface area contributed by atoms with Crippen molar-refractivity contribution in [2.24, 2.45) is 0 Å². The fraction of sp³-hybridized carbons (Fsp3) is 0.375. The van der Waals surface area contributed by atoms with E-state index in [1.807, 2.05) is 24.3 Å². The molecule has 1 aliphatic carbocycles. The van der Waals surface area contributed by atoms with Crippen molar-refractivity contribution in [3.63, 3.8) is 0 Å². The van der Waals surface area contributed by atoms with E-state index < -0.39 is 0 Å². The first kappa shape index (κ1) is 22.8. The lowest BCUT2D eigenvalue weighted by molar-refractivity contribution is 0.0938. The lowest BCUT2D eigenvalue weighted by atomic mass is 10.1. The Labute approximate surface area is 196 Å². The second-order valence-electron chi connectivity index (χ2n) is 7.91. The molecule has 0 atom stereocenters. The highest BCUT2D eigenvalue weighted by Gasteiger charge is 2.19. The van der Waals surface area contributed by atoms with Crippen LogP contribution in [0.3, 0.4) is 0 Å². The Balaban J connectivity index is 1.66. The van der Waals surface area contributed by atoms with Gasteiger partial charge in [0.15, 0.2) is 5.16 Å². The van der Waals surface area contributed by atoms with Crippen molar-refractivity contribution in [3.8, 4) is 0 Å². The number of aromatic nitrogens is 2. The number of rotatable bonds is 8. The molecule has 32 heavy (non-hydrogen) atoms. The molecule has 0 aliphatic heterocycles. The first-order valence-electron chi connectivity index (χ1n) is 10.8. The number of methoxy groups -OCH3 is 1. The predicted octanol–water partition coefficient (Wildman–Crippen LogP) is 4.66. The molecule has 1 saturated carbocycles. The van der Waals surface area contributed by atoms with Crippen LogP contribution in [0.2, 0.25) is 5.02 Å². The van der Waals surface area contributed by atoms with Crippen LogP contribution in [0.4, 0.5) is 0 Å². The summed E-state index contributed by atoms with van der Waals surface area (Å²) in [5, 5.41) is 4.84. The minimum absolute atomic E-state index is 0.116. The van der Waals surface area contributed by atoms with E-state index in [0.29, 0.717) is 45.5 Å². The van der Waals surface area contributed by atoms with Crippen molar-refractivity contribution < 1.29 is 9.53 Å². The number of hydrogen-bond acceptors (Lipinski definition) is 5. The molecule has 0 spiro atoms. The number of carbonyl (C=O) groups excluding carboxylic acids is 1. The number of benzene rings is 2. The fourth-order valence-electron chi connectivity index (χ4n) is 3.93. The maximum Gasteiger partial charge on any atom is 0.262 e. The monoisotopic (exact) mass is 471 g/mol. The summed E-state index contributed by atoms with van der Waals surface area (Å²) >= 11 is 7.74. The number of hydrogen-bond donors (Lipinski definition) is 1. The Bertz CT molecular complexity index is 1170. The van der Waals surface area contributed by atoms with Crippen molar-refractivity contribution in [3.05, 3.63) is 69.0 Å². The summed E-state index contributed by atoms with van der Waals surface area (Å²) in [6.07, 6.45) is 4.34. The molecule has 1 fully saturated rings. The third kappa shape index (κ3) is 5.17. The minimum atomic E-state index is -0.142. The minimum Gasteiger partial charge on any atom is -0.383 e. The lowest BCUT2D eigenvalue weighted by Gasteiger charge is -2.14. The van der Waals surface area contributed by atoms with Crippen LogP contribution in [0, 0.1) is 0 Å². The smallest absolute Gasteiger partial charge is 0.262 e. The van der Waals surface area contributed by atoms with E-state index >= 15 is 0 Å². The average Bonchev–Trinajstić information content (AvgIpc) is 3.31. The van der Waals surface area contributed by atoms with Crippen LogP contribution in [0.5, 0.6) is 0 Å². The molecule has 4 rings (SSSR count). The molecular formula is C24H26ClN3O3S. The van der Waals surface area contributed by atoms with Gasteiger partial charge in [-0.2, -0.15) is 0 Å². The lowest BCUT2D eigenvalue weighted by Crippen LogP contribution is -2.32. The first-order chi connectivity index (χ1) is 15.6. The van der Waals surface area contributed by atoms with Crippen LogP contribution in [-0.4, -0.2) is 35.2 Å². The van der Waals surface area contributed by atoms with Gasteiger partial charge in [-0.1, -0.05) is 54.4 Å². The molecule has 1 N–H and O–H groups in total. The molecule has 168 valence electrons. The molecule has 1 heterocycles. The number of nitrogens with zero attached hydrogens (tertiary/aromatic N) is 2. The molecule has 0 bridgehead atoms. The third-order valence-electron chi connectivity index (χ3n) is 5.71. The van der Waals surface area contributed by atoms with Gasteiger partial charge in [0.05, 0.1) is 24.1 Å². The molecule has 1 amide bonds. The van der Waals surface area contributed by atoms with Gasteiger partial charge in [0, 0.05) is 29.5 Å². The Morgan fingerprint density at radius 1 is 1.25 bits per heavy atom. The number of carbonyl (C=O) groups is 1. The highest BCUT2D eigenvalue weighted by molar-refractivity contribution is 7.98. The molecule has 0 saturated heterocycles. The maximum absolute atomic E-state index is 13.2. The Morgan fingerprint density at radius 3 is 2.78 bits per heavy atom. The van der Waals surface area contributed by atoms with Crippen LogP contribution < -0.4 is 10.9 Å². The Kier molecular flexibility index (Phi) is 7.50. The van der Waals surface area contributed by atoms with Crippen molar-refractivity contribution in [2.45, 2.75) is 49.2 Å². The van der Waals surface area contributed by atoms with Gasteiger partial charge in [0.2, 0.25) is 0 Å². The van der Waals surface area contributed by atoms with Crippen LogP contribution in [0.25, 0.3) is 10.9 Å². The summed E-state index contributed by atoms with van der Waals surface area (Å²) in [5.74, 6) is 0.460. The van der Waals surface area contributed by atoms with Crippen molar-refractivity contribution >= 4 is 40.2 Å². The normalized spacial score (nSPS) is 14.2. The van der Waals surface area contributed by atoms with E-state index in [0.717, 1.165) is 31.2 Å². The van der Waals surface area contributed by atoms with Gasteiger partial charge in [-0.25, -0.2) is 4.98 Å². The number of ether oxygens (including phenoxy) is 1. The molecule has 1 aromatic heterocycles. The van der Waals surface area contributed by atoms with Crippen molar-refractivity contribution in [2.75, 3.05) is 13.7 Å². The summed E-state index contributed by atoms with van der Waals surface area (Å²) in [7, 11) is 1.60. The van der Waals surface area contributed by atoms with E-state index in [9.17, 15) is 9.59 Å². The average molecular weight is 472 g/mol. The van der Waals surface area contributed by atoms with Gasteiger partial charge in [0.25, 0.3) is 11.5 Å². The zero-order valence-corrected chi connectivity index (χ0v) is 19.5. The van der Waals surface area contributed by atoms with E-state index in [2.05, 4.69) is 5.32 Å². The highest BCUT2D eigenvalue weighted by atomic mass is 35.5. The zero-order valence-electron chi connectivity index (χ0n) is 18.0. The van der Waals surface area contributed by atoms with E-state index in [1.54, 1.807) is 29.9 Å². The molecule has 8 heteroatoms. The van der Waals surface area contributed by atoms with Crippen molar-refractivity contribution in [1.29, 1.82) is 0 Å². The molecule has 0 radical (unpaired) electrons. The second kappa shape index (κ2) is 10.5. The van der Waals surface area contributed by atoms with Gasteiger partial charge in [0.1, 0.15) is 0 Å². The van der Waals surface area contributed by atoms with Gasteiger partial charge < -0.3 is 10.1 Å². The summed E-state index contributed by atoms with van der Waals surface area (Å²) < 4.78 is 6.82. The van der Waals surface area contributed by atoms with Crippen LogP contribution >= 0.6 is 23.4 Å². The Hall–Kier alpha value is -2.35. The molecule has 3 aromatic rings. The van der Waals surface area contributed by atoms with Gasteiger partial charge >= 0.3 is 0 Å². The summed E-state index contributed by atoms with van der Waals surface area (Å²) in [4.78, 5) is 30.7. The molecule has 0 unspecified atom stereocenters. The van der Waals surface area contributed by atoms with E-state index in [1.165, 1.54) is 11.8 Å². The number of thioether (sulfide) groups is 1. The van der Waals surface area contributed by atoms with Gasteiger partial charge in [-0.3, -0.25) is 14.2 Å². The largest absolute Gasteiger partial charge is 0.383 e. The van der Waals surface area contributed by atoms with Crippen LogP contribution in [0.15, 0.2) is 52.4 Å². The quantitative estimate of drug-likeness (QED) is 0.382. The number of amides is 1. The highest BCUT2D eigenvalue weighted by Crippen LogP contribution is 2.26. The number of fused-ring (bicyclic) bond motifs is 1. The second-order valence-corrected chi connectivity index (χ2v) is 9.26. The topological polar surface area (TPSA) is 73.2 Å². The fourth-order valence-corrected chi connectivity index (χ4v) is 5.24. The summed E-state index contributed by atoms with van der Waals surface area (Å²) in [6, 6.07) is 13.0. The zero-order chi connectivity index (χ0) is 22.5. The standard InChI is InChI=1S/C24H26ClN3O3S/c1-31-13-12-28-23(30)19-11-10-16(22(29)26-18-7-3-4-8-18)14-21(19)27-24(28)32-15-17-6-2-5-9-20(17)25/h2,5-6,9-11,14,18H,3-4,7-8,12-13,15H2,1H3,(H,26,29). The molecule has 2 aromatic carbocycles. The van der Waals surface area contributed by atoms with Crippen LogP contribution in [-0.2, 0) is 17.0 Å². The molecule has 6 nitrogen and oxygen atoms in total. The maximum atomic E-state index is 13.2. The first-order valence-corrected chi connectivity index (χ1v) is 12.1. The summed E-state index contributed by atoms with van der Waals surface area (Å²) in [5.41, 5.74) is 1.87. The van der Waals surface area contributed by atoms with Crippen molar-refractivity contribution in [1.82, 2.24) is 14.9 Å². The predicted molar refractivity (Wildman–Crippen MR) is 129 cm³/mol. The van der Waals surface area contributed by atoms with E-state index in [-0.39, 0.29) is 17.5 Å². The number of nitrogens with one attached hydrogen (secondary N) is 1. The summed E-state index contributed by atoms with van der Waals surface area (Å²) in [6.45, 7) is 0.793. The SMILES string of the molecule is COCCn1c(SCc2ccccc2Cl)nc2cc(C(=O)NC3CCCC3)ccc2c1=O. The van der Waals surface area contributed by atoms with Crippen LogP contribution in [0.1, 0.15) is 41.6 Å².